The minimum absolute atomic E-state index is 0.0494. The van der Waals surface area contributed by atoms with Crippen molar-refractivity contribution < 1.29 is 19.1 Å². The van der Waals surface area contributed by atoms with E-state index in [-0.39, 0.29) is 11.3 Å². The molecule has 1 fully saturated rings. The Kier molecular flexibility index (Phi) is 4.45. The van der Waals surface area contributed by atoms with Crippen LogP contribution in [0.5, 0.6) is 0 Å². The number of carbonyl (C=O) groups is 2. The second-order valence-electron chi connectivity index (χ2n) is 6.30. The number of Topliss-reactive ketones (excluding diaryl/α,β-unsaturated/α-hetero) is 1. The number of aliphatic hydroxyl groups is 1. The maximum absolute atomic E-state index is 13.4. The van der Waals surface area contributed by atoms with Crippen LogP contribution in [0.25, 0.3) is 5.76 Å². The lowest BCUT2D eigenvalue weighted by Gasteiger charge is -2.25. The van der Waals surface area contributed by atoms with Crippen LogP contribution in [0, 0.1) is 5.82 Å². The maximum atomic E-state index is 13.4. The average Bonchev–Trinajstić information content (AvgIpc) is 3.00. The summed E-state index contributed by atoms with van der Waals surface area (Å²) in [7, 11) is 0. The zero-order valence-electron chi connectivity index (χ0n) is 14.6. The van der Waals surface area contributed by atoms with Gasteiger partial charge in [0.25, 0.3) is 11.7 Å². The summed E-state index contributed by atoms with van der Waals surface area (Å²) in [6.07, 6.45) is 3.02. The van der Waals surface area contributed by atoms with Crippen molar-refractivity contribution in [1.29, 1.82) is 0 Å². The molecular formula is C22H15FN2O3. The number of aromatic nitrogens is 1. The Morgan fingerprint density at radius 1 is 0.964 bits per heavy atom. The number of hydrogen-bond donors (Lipinski definition) is 1. The summed E-state index contributed by atoms with van der Waals surface area (Å²) < 4.78 is 13.4. The summed E-state index contributed by atoms with van der Waals surface area (Å²) in [4.78, 5) is 31.0. The van der Waals surface area contributed by atoms with Crippen molar-refractivity contribution in [3.8, 4) is 0 Å². The van der Waals surface area contributed by atoms with E-state index in [1.165, 1.54) is 35.4 Å². The molecule has 1 aliphatic rings. The molecule has 1 aromatic heterocycles. The maximum Gasteiger partial charge on any atom is 0.300 e. The van der Waals surface area contributed by atoms with Crippen LogP contribution >= 0.6 is 0 Å². The molecule has 0 spiro atoms. The molecule has 0 aliphatic carbocycles. The molecule has 0 radical (unpaired) electrons. The molecule has 4 rings (SSSR count). The fraction of sp³-hybridized carbons (Fsp3) is 0.0455. The Hall–Kier alpha value is -3.80. The largest absolute Gasteiger partial charge is 0.507 e. The highest BCUT2D eigenvalue weighted by molar-refractivity contribution is 6.51. The van der Waals surface area contributed by atoms with E-state index in [1.54, 1.807) is 48.7 Å². The van der Waals surface area contributed by atoms with Crippen LogP contribution in [-0.4, -0.2) is 21.8 Å². The van der Waals surface area contributed by atoms with Gasteiger partial charge in [0.1, 0.15) is 11.6 Å². The summed E-state index contributed by atoms with van der Waals surface area (Å²) in [5, 5.41) is 10.8. The van der Waals surface area contributed by atoms with Crippen molar-refractivity contribution in [2.45, 2.75) is 6.04 Å². The molecule has 1 saturated heterocycles. The number of pyridine rings is 1. The summed E-state index contributed by atoms with van der Waals surface area (Å²) in [5.74, 6) is -2.30. The predicted octanol–water partition coefficient (Wildman–Crippen LogP) is 3.85. The van der Waals surface area contributed by atoms with Crippen LogP contribution in [0.1, 0.15) is 17.2 Å². The van der Waals surface area contributed by atoms with Crippen LogP contribution in [-0.2, 0) is 9.59 Å². The van der Waals surface area contributed by atoms with E-state index in [0.29, 0.717) is 16.8 Å². The summed E-state index contributed by atoms with van der Waals surface area (Å²) in [6, 6.07) is 16.4. The molecule has 2 heterocycles. The van der Waals surface area contributed by atoms with Crippen LogP contribution in [0.15, 0.2) is 84.7 Å². The van der Waals surface area contributed by atoms with Crippen molar-refractivity contribution >= 4 is 23.1 Å². The van der Waals surface area contributed by atoms with Gasteiger partial charge < -0.3 is 5.11 Å². The number of anilines is 1. The standard InChI is InChI=1S/C22H15FN2O3/c23-16-10-8-14(9-11-16)19-18(20(26)15-5-2-1-3-6-15)21(27)22(28)25(19)17-7-4-12-24-13-17/h1-13,19,26H. The third-order valence-electron chi connectivity index (χ3n) is 4.60. The normalized spacial score (nSPS) is 18.5. The zero-order valence-corrected chi connectivity index (χ0v) is 14.6. The van der Waals surface area contributed by atoms with Crippen molar-refractivity contribution in [3.05, 3.63) is 102 Å². The first kappa shape index (κ1) is 17.6. The van der Waals surface area contributed by atoms with Gasteiger partial charge >= 0.3 is 0 Å². The SMILES string of the molecule is O=C1C(=O)N(c2cccnc2)C(c2ccc(F)cc2)C1=C(O)c1ccccc1. The smallest absolute Gasteiger partial charge is 0.300 e. The molecular weight excluding hydrogens is 359 g/mol. The fourth-order valence-corrected chi connectivity index (χ4v) is 3.31. The molecule has 28 heavy (non-hydrogen) atoms. The van der Waals surface area contributed by atoms with Gasteiger partial charge in [-0.25, -0.2) is 4.39 Å². The quantitative estimate of drug-likeness (QED) is 0.430. The van der Waals surface area contributed by atoms with Crippen molar-refractivity contribution in [1.82, 2.24) is 4.98 Å². The second kappa shape index (κ2) is 7.08. The topological polar surface area (TPSA) is 70.5 Å². The van der Waals surface area contributed by atoms with Crippen LogP contribution in [0.3, 0.4) is 0 Å². The molecule has 1 aliphatic heterocycles. The minimum Gasteiger partial charge on any atom is -0.507 e. The highest BCUT2D eigenvalue weighted by Crippen LogP contribution is 2.41. The Morgan fingerprint density at radius 3 is 2.32 bits per heavy atom. The lowest BCUT2D eigenvalue weighted by Crippen LogP contribution is -2.29. The van der Waals surface area contributed by atoms with Gasteiger partial charge in [-0.05, 0) is 29.8 Å². The van der Waals surface area contributed by atoms with Gasteiger partial charge in [0.15, 0.2) is 0 Å². The molecule has 6 heteroatoms. The fourth-order valence-electron chi connectivity index (χ4n) is 3.31. The average molecular weight is 374 g/mol. The first-order valence-corrected chi connectivity index (χ1v) is 8.60. The number of nitrogens with zero attached hydrogens (tertiary/aromatic N) is 2. The number of amides is 1. The number of ketones is 1. The molecule has 138 valence electrons. The second-order valence-corrected chi connectivity index (χ2v) is 6.30. The highest BCUT2D eigenvalue weighted by Gasteiger charge is 2.47. The summed E-state index contributed by atoms with van der Waals surface area (Å²) >= 11 is 0. The van der Waals surface area contributed by atoms with Gasteiger partial charge in [0, 0.05) is 11.8 Å². The summed E-state index contributed by atoms with van der Waals surface area (Å²) in [5.41, 5.74) is 1.28. The van der Waals surface area contributed by atoms with Gasteiger partial charge in [-0.15, -0.1) is 0 Å². The minimum atomic E-state index is -0.898. The first-order valence-electron chi connectivity index (χ1n) is 8.60. The lowest BCUT2D eigenvalue weighted by molar-refractivity contribution is -0.132. The molecule has 1 N–H and O–H groups in total. The molecule has 5 nitrogen and oxygen atoms in total. The lowest BCUT2D eigenvalue weighted by atomic mass is 9.95. The number of hydrogen-bond acceptors (Lipinski definition) is 4. The van der Waals surface area contributed by atoms with Crippen LogP contribution < -0.4 is 4.90 Å². The Morgan fingerprint density at radius 2 is 1.68 bits per heavy atom. The third kappa shape index (κ3) is 2.95. The molecule has 2 aromatic carbocycles. The molecule has 1 unspecified atom stereocenters. The third-order valence-corrected chi connectivity index (χ3v) is 4.60. The van der Waals surface area contributed by atoms with Gasteiger partial charge in [-0.3, -0.25) is 19.5 Å². The van der Waals surface area contributed by atoms with Crippen molar-refractivity contribution in [2.75, 3.05) is 4.90 Å². The van der Waals surface area contributed by atoms with E-state index in [1.807, 2.05) is 0 Å². The molecule has 1 atom stereocenters. The van der Waals surface area contributed by atoms with Crippen molar-refractivity contribution in [2.24, 2.45) is 0 Å². The Balaban J connectivity index is 1.95. The van der Waals surface area contributed by atoms with Gasteiger partial charge in [-0.2, -0.15) is 0 Å². The van der Waals surface area contributed by atoms with Gasteiger partial charge in [-0.1, -0.05) is 42.5 Å². The molecule has 0 bridgehead atoms. The monoisotopic (exact) mass is 374 g/mol. The number of halogens is 1. The Labute approximate surface area is 160 Å². The zero-order chi connectivity index (χ0) is 19.7. The van der Waals surface area contributed by atoms with Crippen molar-refractivity contribution in [3.63, 3.8) is 0 Å². The van der Waals surface area contributed by atoms with Crippen LogP contribution in [0.4, 0.5) is 10.1 Å². The number of aliphatic hydroxyl groups excluding tert-OH is 1. The number of rotatable bonds is 3. The Bertz CT molecular complexity index is 1060. The number of carbonyl (C=O) groups excluding carboxylic acids is 2. The van der Waals surface area contributed by atoms with E-state index < -0.39 is 23.5 Å². The van der Waals surface area contributed by atoms with E-state index in [4.69, 9.17) is 0 Å². The molecule has 1 amide bonds. The first-order chi connectivity index (χ1) is 13.6. The van der Waals surface area contributed by atoms with Gasteiger partial charge in [0.2, 0.25) is 0 Å². The highest BCUT2D eigenvalue weighted by atomic mass is 19.1. The van der Waals surface area contributed by atoms with E-state index in [0.717, 1.165) is 0 Å². The molecule has 0 saturated carbocycles. The van der Waals surface area contributed by atoms with E-state index in [9.17, 15) is 19.1 Å². The predicted molar refractivity (Wildman–Crippen MR) is 102 cm³/mol. The molecule has 3 aromatic rings. The van der Waals surface area contributed by atoms with E-state index in [2.05, 4.69) is 4.98 Å². The van der Waals surface area contributed by atoms with Crippen LogP contribution in [0.2, 0.25) is 0 Å². The van der Waals surface area contributed by atoms with Gasteiger partial charge in [0.05, 0.1) is 23.5 Å². The summed E-state index contributed by atoms with van der Waals surface area (Å²) in [6.45, 7) is 0. The van der Waals surface area contributed by atoms with E-state index >= 15 is 0 Å². The number of benzene rings is 2.